The number of nitrogens with one attached hydrogen (secondary N) is 2. The molecule has 1 aliphatic rings. The summed E-state index contributed by atoms with van der Waals surface area (Å²) in [6, 6.07) is 13.1. The summed E-state index contributed by atoms with van der Waals surface area (Å²) in [6.07, 6.45) is 1.93. The van der Waals surface area contributed by atoms with Crippen LogP contribution < -0.4 is 20.1 Å². The summed E-state index contributed by atoms with van der Waals surface area (Å²) >= 11 is 0. The molecule has 2 aromatic rings. The van der Waals surface area contributed by atoms with E-state index in [1.54, 1.807) is 43.5 Å². The predicted octanol–water partition coefficient (Wildman–Crippen LogP) is 2.16. The highest BCUT2D eigenvalue weighted by atomic mass is 16.5. The normalized spacial score (nSPS) is 15.0. The van der Waals surface area contributed by atoms with Crippen LogP contribution in [-0.4, -0.2) is 57.4 Å². The van der Waals surface area contributed by atoms with Crippen LogP contribution in [0.3, 0.4) is 0 Å². The first-order valence-corrected chi connectivity index (χ1v) is 10.3. The molecule has 0 spiro atoms. The molecule has 3 rings (SSSR count). The van der Waals surface area contributed by atoms with Crippen LogP contribution in [0.15, 0.2) is 48.5 Å². The Morgan fingerprint density at radius 1 is 1.03 bits per heavy atom. The molecule has 2 amide bonds. The lowest BCUT2D eigenvalue weighted by Crippen LogP contribution is -2.34. The van der Waals surface area contributed by atoms with Gasteiger partial charge in [-0.05, 0) is 49.2 Å². The van der Waals surface area contributed by atoms with Crippen LogP contribution in [0.2, 0.25) is 0 Å². The van der Waals surface area contributed by atoms with Crippen molar-refractivity contribution in [1.82, 2.24) is 5.32 Å². The molecule has 0 saturated carbocycles. The van der Waals surface area contributed by atoms with Gasteiger partial charge >= 0.3 is 5.97 Å². The minimum absolute atomic E-state index is 0.0276. The molecule has 2 aromatic carbocycles. The molecule has 0 bridgehead atoms. The molecule has 1 saturated heterocycles. The lowest BCUT2D eigenvalue weighted by molar-refractivity contribution is -0.124. The first kappa shape index (κ1) is 23.1. The van der Waals surface area contributed by atoms with E-state index in [2.05, 4.69) is 10.6 Å². The van der Waals surface area contributed by atoms with Gasteiger partial charge in [-0.15, -0.1) is 0 Å². The molecule has 1 fully saturated rings. The third-order valence-electron chi connectivity index (χ3n) is 4.70. The highest BCUT2D eigenvalue weighted by molar-refractivity contribution is 5.92. The highest BCUT2D eigenvalue weighted by Crippen LogP contribution is 2.17. The number of hydrogen-bond acceptors (Lipinski definition) is 7. The number of methoxy groups -OCH3 is 1. The second-order valence-corrected chi connectivity index (χ2v) is 7.11. The van der Waals surface area contributed by atoms with Crippen LogP contribution >= 0.6 is 0 Å². The van der Waals surface area contributed by atoms with E-state index in [0.29, 0.717) is 30.3 Å². The zero-order valence-electron chi connectivity index (χ0n) is 17.8. The largest absolute Gasteiger partial charge is 0.497 e. The zero-order valence-corrected chi connectivity index (χ0v) is 17.8. The molecule has 0 aromatic heterocycles. The number of carbonyl (C=O) groups is 3. The van der Waals surface area contributed by atoms with Crippen LogP contribution in [0.1, 0.15) is 23.2 Å². The lowest BCUT2D eigenvalue weighted by Gasteiger charge is -2.11. The van der Waals surface area contributed by atoms with Gasteiger partial charge in [0, 0.05) is 24.9 Å². The number of carbonyl (C=O) groups excluding carboxylic acids is 3. The van der Waals surface area contributed by atoms with Crippen LogP contribution in [0.4, 0.5) is 5.69 Å². The molecule has 0 unspecified atom stereocenters. The fraction of sp³-hybridized carbons (Fsp3) is 0.348. The molecule has 0 radical (unpaired) electrons. The molecular weight excluding hydrogens is 416 g/mol. The van der Waals surface area contributed by atoms with Gasteiger partial charge in [-0.1, -0.05) is 6.07 Å². The third-order valence-corrected chi connectivity index (χ3v) is 4.70. The average molecular weight is 442 g/mol. The summed E-state index contributed by atoms with van der Waals surface area (Å²) in [6.45, 7) is 0.552. The second-order valence-electron chi connectivity index (χ2n) is 7.11. The van der Waals surface area contributed by atoms with Crippen molar-refractivity contribution in [1.29, 1.82) is 0 Å². The monoisotopic (exact) mass is 442 g/mol. The maximum atomic E-state index is 12.1. The Bertz CT molecular complexity index is 924. The van der Waals surface area contributed by atoms with Gasteiger partial charge in [0.2, 0.25) is 0 Å². The van der Waals surface area contributed by atoms with Gasteiger partial charge < -0.3 is 29.6 Å². The van der Waals surface area contributed by atoms with E-state index < -0.39 is 5.97 Å². The average Bonchev–Trinajstić information content (AvgIpc) is 3.34. The number of rotatable bonds is 10. The summed E-state index contributed by atoms with van der Waals surface area (Å²) < 4.78 is 21.0. The Hall–Kier alpha value is -3.59. The highest BCUT2D eigenvalue weighted by Gasteiger charge is 2.17. The Morgan fingerprint density at radius 3 is 2.56 bits per heavy atom. The molecule has 1 aliphatic heterocycles. The van der Waals surface area contributed by atoms with Crippen molar-refractivity contribution in [2.45, 2.75) is 18.9 Å². The van der Waals surface area contributed by atoms with Crippen LogP contribution in [-0.2, 0) is 19.1 Å². The molecule has 2 N–H and O–H groups in total. The number of benzene rings is 2. The first-order chi connectivity index (χ1) is 15.5. The van der Waals surface area contributed by atoms with Crippen molar-refractivity contribution in [2.24, 2.45) is 0 Å². The summed E-state index contributed by atoms with van der Waals surface area (Å²) in [7, 11) is 1.55. The van der Waals surface area contributed by atoms with E-state index in [1.165, 1.54) is 12.1 Å². The molecule has 0 aliphatic carbocycles. The maximum Gasteiger partial charge on any atom is 0.338 e. The quantitative estimate of drug-likeness (QED) is 0.542. The predicted molar refractivity (Wildman–Crippen MR) is 116 cm³/mol. The van der Waals surface area contributed by atoms with E-state index >= 15 is 0 Å². The maximum absolute atomic E-state index is 12.1. The molecule has 9 heteroatoms. The first-order valence-electron chi connectivity index (χ1n) is 10.3. The van der Waals surface area contributed by atoms with E-state index in [0.717, 1.165) is 12.8 Å². The van der Waals surface area contributed by atoms with E-state index in [9.17, 15) is 14.4 Å². The molecule has 1 heterocycles. The van der Waals surface area contributed by atoms with Crippen molar-refractivity contribution in [3.63, 3.8) is 0 Å². The Balaban J connectivity index is 1.38. The van der Waals surface area contributed by atoms with E-state index in [1.807, 2.05) is 0 Å². The number of ether oxygens (including phenoxy) is 4. The van der Waals surface area contributed by atoms with E-state index in [-0.39, 0.29) is 36.7 Å². The van der Waals surface area contributed by atoms with E-state index in [4.69, 9.17) is 18.9 Å². The second kappa shape index (κ2) is 11.7. The minimum Gasteiger partial charge on any atom is -0.497 e. The fourth-order valence-corrected chi connectivity index (χ4v) is 3.03. The fourth-order valence-electron chi connectivity index (χ4n) is 3.03. The molecule has 1 atom stereocenters. The topological polar surface area (TPSA) is 112 Å². The number of amides is 2. The van der Waals surface area contributed by atoms with Gasteiger partial charge in [-0.2, -0.15) is 0 Å². The van der Waals surface area contributed by atoms with Crippen LogP contribution in [0, 0.1) is 0 Å². The molecular formula is C23H26N2O7. The summed E-state index contributed by atoms with van der Waals surface area (Å²) in [5.74, 6) is -0.297. The summed E-state index contributed by atoms with van der Waals surface area (Å²) in [4.78, 5) is 35.9. The van der Waals surface area contributed by atoms with Gasteiger partial charge in [0.05, 0.1) is 18.8 Å². The number of hydrogen-bond donors (Lipinski definition) is 2. The van der Waals surface area contributed by atoms with Crippen molar-refractivity contribution in [3.8, 4) is 11.5 Å². The van der Waals surface area contributed by atoms with Crippen molar-refractivity contribution >= 4 is 23.5 Å². The molecule has 170 valence electrons. The molecule has 9 nitrogen and oxygen atoms in total. The van der Waals surface area contributed by atoms with Crippen molar-refractivity contribution < 1.29 is 33.3 Å². The Kier molecular flexibility index (Phi) is 8.44. The Morgan fingerprint density at radius 2 is 1.84 bits per heavy atom. The van der Waals surface area contributed by atoms with Crippen LogP contribution in [0.25, 0.3) is 0 Å². The van der Waals surface area contributed by atoms with Gasteiger partial charge in [-0.3, -0.25) is 9.59 Å². The van der Waals surface area contributed by atoms with Gasteiger partial charge in [0.1, 0.15) is 11.5 Å². The SMILES string of the molecule is COc1cccc(NC(=O)COc2ccc(C(=O)OCC(=O)NC[C@@H]3CCCO3)cc2)c1. The Labute approximate surface area is 186 Å². The molecule has 32 heavy (non-hydrogen) atoms. The van der Waals surface area contributed by atoms with Gasteiger partial charge in [0.15, 0.2) is 13.2 Å². The summed E-state index contributed by atoms with van der Waals surface area (Å²) in [5.41, 5.74) is 0.862. The van der Waals surface area contributed by atoms with Gasteiger partial charge in [-0.25, -0.2) is 4.79 Å². The summed E-state index contributed by atoms with van der Waals surface area (Å²) in [5, 5.41) is 5.39. The van der Waals surface area contributed by atoms with Crippen molar-refractivity contribution in [2.75, 3.05) is 38.8 Å². The number of anilines is 1. The zero-order chi connectivity index (χ0) is 22.8. The number of esters is 1. The lowest BCUT2D eigenvalue weighted by atomic mass is 10.2. The third kappa shape index (κ3) is 7.28. The smallest absolute Gasteiger partial charge is 0.338 e. The van der Waals surface area contributed by atoms with Crippen molar-refractivity contribution in [3.05, 3.63) is 54.1 Å². The van der Waals surface area contributed by atoms with Crippen LogP contribution in [0.5, 0.6) is 11.5 Å². The van der Waals surface area contributed by atoms with Gasteiger partial charge in [0.25, 0.3) is 11.8 Å². The standard InChI is InChI=1S/C23H26N2O7/c1-29-19-5-2-4-17(12-19)25-22(27)15-31-18-9-7-16(8-10-18)23(28)32-14-21(26)24-13-20-6-3-11-30-20/h2,4-5,7-10,12,20H,3,6,11,13-15H2,1H3,(H,24,26)(H,25,27)/t20-/m0/s1. The minimum atomic E-state index is -0.625.